The minimum Gasteiger partial charge on any atom is -0.486 e. The fraction of sp³-hybridized carbons (Fsp3) is 0.500. The zero-order valence-electron chi connectivity index (χ0n) is 12.0. The molecule has 0 spiro atoms. The maximum atomic E-state index is 12.2. The van der Waals surface area contributed by atoms with Crippen LogP contribution < -0.4 is 19.5 Å². The number of hydrogen-bond acceptors (Lipinski definition) is 5. The summed E-state index contributed by atoms with van der Waals surface area (Å²) in [5.41, 5.74) is 0. The van der Waals surface area contributed by atoms with Gasteiger partial charge in [0.25, 0.3) is 0 Å². The van der Waals surface area contributed by atoms with Gasteiger partial charge in [0.2, 0.25) is 15.9 Å². The summed E-state index contributed by atoms with van der Waals surface area (Å²) in [5, 5.41) is 2.81. The molecule has 0 bridgehead atoms. The third-order valence-corrected chi connectivity index (χ3v) is 4.87. The molecule has 3 rings (SSSR count). The molecule has 2 N–H and O–H groups in total. The van der Waals surface area contributed by atoms with Crippen molar-refractivity contribution in [1.29, 1.82) is 0 Å². The van der Waals surface area contributed by atoms with Gasteiger partial charge in [-0.1, -0.05) is 0 Å². The van der Waals surface area contributed by atoms with Crippen molar-refractivity contribution in [2.75, 3.05) is 19.8 Å². The second kappa shape index (κ2) is 6.13. The van der Waals surface area contributed by atoms with E-state index in [4.69, 9.17) is 9.47 Å². The van der Waals surface area contributed by atoms with Crippen molar-refractivity contribution in [2.45, 2.75) is 30.2 Å². The highest BCUT2D eigenvalue weighted by Crippen LogP contribution is 2.32. The third-order valence-electron chi connectivity index (χ3n) is 3.41. The molecular formula is C14H18N2O5S. The SMILES string of the molecule is O=C(CCNS(=O)(=O)c1ccc2c(c1)OCCO2)NC1CC1. The molecule has 1 fully saturated rings. The Morgan fingerprint density at radius 2 is 1.91 bits per heavy atom. The Bertz CT molecular complexity index is 670. The number of amides is 1. The first-order chi connectivity index (χ1) is 10.5. The number of carbonyl (C=O) groups is 1. The van der Waals surface area contributed by atoms with Crippen molar-refractivity contribution < 1.29 is 22.7 Å². The van der Waals surface area contributed by atoms with Gasteiger partial charge in [0.1, 0.15) is 13.2 Å². The van der Waals surface area contributed by atoms with Gasteiger partial charge in [-0.2, -0.15) is 0 Å². The largest absolute Gasteiger partial charge is 0.486 e. The molecule has 120 valence electrons. The Kier molecular flexibility index (Phi) is 4.21. The molecule has 0 aromatic heterocycles. The first-order valence-corrected chi connectivity index (χ1v) is 8.71. The number of nitrogens with one attached hydrogen (secondary N) is 2. The maximum absolute atomic E-state index is 12.2. The lowest BCUT2D eigenvalue weighted by molar-refractivity contribution is -0.121. The molecule has 22 heavy (non-hydrogen) atoms. The van der Waals surface area contributed by atoms with Crippen LogP contribution in [0.3, 0.4) is 0 Å². The smallest absolute Gasteiger partial charge is 0.240 e. The summed E-state index contributed by atoms with van der Waals surface area (Å²) in [6.45, 7) is 0.911. The molecule has 1 amide bonds. The molecule has 0 atom stereocenters. The maximum Gasteiger partial charge on any atom is 0.240 e. The van der Waals surface area contributed by atoms with Gasteiger partial charge < -0.3 is 14.8 Å². The van der Waals surface area contributed by atoms with Crippen molar-refractivity contribution in [3.8, 4) is 11.5 Å². The molecule has 1 aliphatic carbocycles. The molecule has 1 aromatic carbocycles. The summed E-state index contributed by atoms with van der Waals surface area (Å²) in [7, 11) is -3.67. The van der Waals surface area contributed by atoms with Crippen LogP contribution in [-0.2, 0) is 14.8 Å². The highest BCUT2D eigenvalue weighted by molar-refractivity contribution is 7.89. The third kappa shape index (κ3) is 3.69. The van der Waals surface area contributed by atoms with Gasteiger partial charge in [0.05, 0.1) is 4.90 Å². The first kappa shape index (κ1) is 15.1. The van der Waals surface area contributed by atoms with E-state index in [2.05, 4.69) is 10.0 Å². The Morgan fingerprint density at radius 1 is 1.18 bits per heavy atom. The predicted octanol–water partition coefficient (Wildman–Crippen LogP) is 0.405. The molecule has 1 aromatic rings. The number of carbonyl (C=O) groups excluding carboxylic acids is 1. The molecule has 0 unspecified atom stereocenters. The van der Waals surface area contributed by atoms with E-state index in [0.29, 0.717) is 24.7 Å². The molecule has 1 heterocycles. The van der Waals surface area contributed by atoms with Crippen LogP contribution in [0.4, 0.5) is 0 Å². The van der Waals surface area contributed by atoms with E-state index in [1.165, 1.54) is 12.1 Å². The summed E-state index contributed by atoms with van der Waals surface area (Å²) in [6, 6.07) is 4.74. The van der Waals surface area contributed by atoms with Crippen molar-refractivity contribution in [2.24, 2.45) is 0 Å². The van der Waals surface area contributed by atoms with Crippen LogP contribution in [0.5, 0.6) is 11.5 Å². The number of ether oxygens (including phenoxy) is 2. The lowest BCUT2D eigenvalue weighted by Gasteiger charge is -2.18. The van der Waals surface area contributed by atoms with Gasteiger partial charge in [0, 0.05) is 25.1 Å². The summed E-state index contributed by atoms with van der Waals surface area (Å²) >= 11 is 0. The normalized spacial score (nSPS) is 17.1. The van der Waals surface area contributed by atoms with Crippen molar-refractivity contribution in [3.63, 3.8) is 0 Å². The van der Waals surface area contributed by atoms with Gasteiger partial charge in [-0.25, -0.2) is 13.1 Å². The van der Waals surface area contributed by atoms with Crippen LogP contribution in [0.15, 0.2) is 23.1 Å². The van der Waals surface area contributed by atoms with Gasteiger partial charge in [-0.15, -0.1) is 0 Å². The van der Waals surface area contributed by atoms with E-state index in [1.54, 1.807) is 6.07 Å². The minimum atomic E-state index is -3.67. The van der Waals surface area contributed by atoms with Crippen molar-refractivity contribution >= 4 is 15.9 Å². The second-order valence-electron chi connectivity index (χ2n) is 5.30. The number of sulfonamides is 1. The Labute approximate surface area is 129 Å². The summed E-state index contributed by atoms with van der Waals surface area (Å²) in [4.78, 5) is 11.6. The molecule has 0 radical (unpaired) electrons. The van der Waals surface area contributed by atoms with E-state index in [-0.39, 0.29) is 29.8 Å². The number of benzene rings is 1. The van der Waals surface area contributed by atoms with Gasteiger partial charge in [-0.3, -0.25) is 4.79 Å². The van der Waals surface area contributed by atoms with Crippen LogP contribution in [0.1, 0.15) is 19.3 Å². The fourth-order valence-electron chi connectivity index (χ4n) is 2.10. The van der Waals surface area contributed by atoms with Crippen LogP contribution in [-0.4, -0.2) is 40.1 Å². The van der Waals surface area contributed by atoms with Crippen LogP contribution >= 0.6 is 0 Å². The number of hydrogen-bond donors (Lipinski definition) is 2. The van der Waals surface area contributed by atoms with Gasteiger partial charge in [-0.05, 0) is 25.0 Å². The highest BCUT2D eigenvalue weighted by Gasteiger charge is 2.23. The Hall–Kier alpha value is -1.80. The average molecular weight is 326 g/mol. The molecule has 0 saturated heterocycles. The molecular weight excluding hydrogens is 308 g/mol. The standard InChI is InChI=1S/C14H18N2O5S/c17-14(16-10-1-2-10)5-6-15-22(18,19)11-3-4-12-13(9-11)21-8-7-20-12/h3-4,9-10,15H,1-2,5-8H2,(H,16,17). The Balaban J connectivity index is 1.58. The minimum absolute atomic E-state index is 0.0648. The zero-order valence-corrected chi connectivity index (χ0v) is 12.8. The Morgan fingerprint density at radius 3 is 2.64 bits per heavy atom. The zero-order chi connectivity index (χ0) is 15.6. The average Bonchev–Trinajstić information content (AvgIpc) is 3.30. The molecule has 2 aliphatic rings. The molecule has 1 saturated carbocycles. The first-order valence-electron chi connectivity index (χ1n) is 7.23. The van der Waals surface area contributed by atoms with E-state index in [9.17, 15) is 13.2 Å². The summed E-state index contributed by atoms with van der Waals surface area (Å²) in [5.74, 6) is 0.821. The van der Waals surface area contributed by atoms with E-state index in [0.717, 1.165) is 12.8 Å². The molecule has 1 aliphatic heterocycles. The summed E-state index contributed by atoms with van der Waals surface area (Å²) in [6.07, 6.45) is 2.14. The lowest BCUT2D eigenvalue weighted by atomic mass is 10.3. The van der Waals surface area contributed by atoms with Crippen LogP contribution in [0.2, 0.25) is 0 Å². The lowest BCUT2D eigenvalue weighted by Crippen LogP contribution is -2.31. The van der Waals surface area contributed by atoms with Crippen LogP contribution in [0, 0.1) is 0 Å². The number of rotatable bonds is 6. The van der Waals surface area contributed by atoms with Crippen molar-refractivity contribution in [1.82, 2.24) is 10.0 Å². The monoisotopic (exact) mass is 326 g/mol. The molecule has 7 nitrogen and oxygen atoms in total. The quantitative estimate of drug-likeness (QED) is 0.789. The fourth-order valence-corrected chi connectivity index (χ4v) is 3.15. The van der Waals surface area contributed by atoms with E-state index < -0.39 is 10.0 Å². The predicted molar refractivity (Wildman–Crippen MR) is 78.4 cm³/mol. The van der Waals surface area contributed by atoms with Gasteiger partial charge in [0.15, 0.2) is 11.5 Å². The summed E-state index contributed by atoms with van der Waals surface area (Å²) < 4.78 is 37.5. The number of fused-ring (bicyclic) bond motifs is 1. The van der Waals surface area contributed by atoms with Crippen LogP contribution in [0.25, 0.3) is 0 Å². The second-order valence-corrected chi connectivity index (χ2v) is 7.06. The topological polar surface area (TPSA) is 93.7 Å². The molecule has 8 heteroatoms. The van der Waals surface area contributed by atoms with Gasteiger partial charge >= 0.3 is 0 Å². The van der Waals surface area contributed by atoms with Crippen molar-refractivity contribution in [3.05, 3.63) is 18.2 Å². The van der Waals surface area contributed by atoms with E-state index in [1.807, 2.05) is 0 Å². The highest BCUT2D eigenvalue weighted by atomic mass is 32.2. The van der Waals surface area contributed by atoms with E-state index >= 15 is 0 Å².